The third-order valence-electron chi connectivity index (χ3n) is 2.40. The maximum Gasteiger partial charge on any atom is 0.294 e. The smallest absolute Gasteiger partial charge is 0.294 e. The van der Waals surface area contributed by atoms with E-state index in [9.17, 15) is 24.0 Å². The topological polar surface area (TPSA) is 63.4 Å². The van der Waals surface area contributed by atoms with Gasteiger partial charge in [0.2, 0.25) is 0 Å². The van der Waals surface area contributed by atoms with Crippen LogP contribution in [0.25, 0.3) is 0 Å². The molecule has 0 saturated heterocycles. The first-order valence-electron chi connectivity index (χ1n) is 5.47. The molecule has 8 heteroatoms. The van der Waals surface area contributed by atoms with E-state index in [2.05, 4.69) is 0 Å². The Labute approximate surface area is 121 Å². The highest BCUT2D eigenvalue weighted by atomic mass is 32.2. The summed E-state index contributed by atoms with van der Waals surface area (Å²) in [6.45, 7) is 1.48. The van der Waals surface area contributed by atoms with E-state index < -0.39 is 22.7 Å². The summed E-state index contributed by atoms with van der Waals surface area (Å²) in [5.74, 6) is -1.28. The molecule has 0 radical (unpaired) electrons. The molecule has 1 unspecified atom stereocenters. The van der Waals surface area contributed by atoms with Crippen LogP contribution in [-0.2, 0) is 0 Å². The first-order valence-corrected chi connectivity index (χ1v) is 7.11. The minimum absolute atomic E-state index is 0.0351. The lowest BCUT2D eigenvalue weighted by molar-refractivity contribution is -0.387. The van der Waals surface area contributed by atoms with Crippen molar-refractivity contribution in [1.82, 2.24) is 0 Å². The lowest BCUT2D eigenvalue weighted by atomic mass is 10.3. The van der Waals surface area contributed by atoms with Crippen LogP contribution in [0.2, 0.25) is 0 Å². The lowest BCUT2D eigenvalue weighted by Gasteiger charge is -2.01. The number of rotatable bonds is 4. The Morgan fingerprint density at radius 3 is 2.70 bits per heavy atom. The molecule has 106 valence electrons. The Hall–Kier alpha value is -1.51. The average Bonchev–Trinajstić information content (AvgIpc) is 2.78. The van der Waals surface area contributed by atoms with E-state index in [4.69, 9.17) is 0 Å². The summed E-state index contributed by atoms with van der Waals surface area (Å²) in [6.07, 6.45) is -0.856. The molecule has 2 aromatic rings. The fourth-order valence-corrected chi connectivity index (χ4v) is 3.74. The third-order valence-corrected chi connectivity index (χ3v) is 4.92. The summed E-state index contributed by atoms with van der Waals surface area (Å²) in [4.78, 5) is 10.7. The average molecular weight is 317 g/mol. The molecule has 20 heavy (non-hydrogen) atoms. The Morgan fingerprint density at radius 2 is 2.10 bits per heavy atom. The van der Waals surface area contributed by atoms with Crippen molar-refractivity contribution in [3.05, 3.63) is 50.9 Å². The van der Waals surface area contributed by atoms with Crippen LogP contribution in [0.15, 0.2) is 33.4 Å². The van der Waals surface area contributed by atoms with Crippen molar-refractivity contribution in [2.24, 2.45) is 0 Å². The van der Waals surface area contributed by atoms with E-state index in [-0.39, 0.29) is 14.8 Å². The van der Waals surface area contributed by atoms with E-state index >= 15 is 0 Å². The molecule has 0 fully saturated rings. The van der Waals surface area contributed by atoms with E-state index in [0.717, 1.165) is 41.3 Å². The van der Waals surface area contributed by atoms with E-state index in [1.807, 2.05) is 0 Å². The number of thiophene rings is 1. The molecule has 0 spiro atoms. The molecular formula is C12H9F2NO3S2. The molecular weight excluding hydrogens is 308 g/mol. The van der Waals surface area contributed by atoms with E-state index in [1.54, 1.807) is 0 Å². The van der Waals surface area contributed by atoms with Gasteiger partial charge in [0.15, 0.2) is 0 Å². The molecule has 1 N–H and O–H groups in total. The Morgan fingerprint density at radius 1 is 1.40 bits per heavy atom. The number of aliphatic hydroxyl groups excluding tert-OH is 1. The molecule has 0 aliphatic carbocycles. The standard InChI is InChI=1S/C12H9F2NO3S2/c1-6(16)10-5-9(15(17)18)12(19-10)20-11-4-7(13)2-3-8(11)14/h2-6,16H,1H3. The molecule has 0 amide bonds. The van der Waals surface area contributed by atoms with Crippen LogP contribution in [0, 0.1) is 21.7 Å². The normalized spacial score (nSPS) is 12.4. The first-order chi connectivity index (χ1) is 9.38. The van der Waals surface area contributed by atoms with Gasteiger partial charge in [-0.15, -0.1) is 11.3 Å². The molecule has 1 aromatic heterocycles. The Balaban J connectivity index is 2.42. The largest absolute Gasteiger partial charge is 0.388 e. The van der Waals surface area contributed by atoms with E-state index in [1.165, 1.54) is 13.0 Å². The fourth-order valence-electron chi connectivity index (χ4n) is 1.44. The first kappa shape index (κ1) is 14.9. The van der Waals surface area contributed by atoms with Crippen LogP contribution >= 0.6 is 23.1 Å². The molecule has 4 nitrogen and oxygen atoms in total. The van der Waals surface area contributed by atoms with Crippen molar-refractivity contribution in [3.63, 3.8) is 0 Å². The van der Waals surface area contributed by atoms with Gasteiger partial charge in [-0.3, -0.25) is 10.1 Å². The van der Waals surface area contributed by atoms with Gasteiger partial charge >= 0.3 is 0 Å². The summed E-state index contributed by atoms with van der Waals surface area (Å²) >= 11 is 1.76. The van der Waals surface area contributed by atoms with Crippen LogP contribution in [0.1, 0.15) is 17.9 Å². The monoisotopic (exact) mass is 317 g/mol. The zero-order valence-corrected chi connectivity index (χ0v) is 11.8. The number of halogens is 2. The van der Waals surface area contributed by atoms with Gasteiger partial charge < -0.3 is 5.11 Å². The van der Waals surface area contributed by atoms with Crippen molar-refractivity contribution in [2.75, 3.05) is 0 Å². The maximum absolute atomic E-state index is 13.6. The van der Waals surface area contributed by atoms with Crippen LogP contribution in [0.4, 0.5) is 14.5 Å². The number of hydrogen-bond acceptors (Lipinski definition) is 5. The van der Waals surface area contributed by atoms with Crippen molar-refractivity contribution in [3.8, 4) is 0 Å². The molecule has 0 aliphatic heterocycles. The quantitative estimate of drug-likeness (QED) is 0.680. The van der Waals surface area contributed by atoms with Crippen LogP contribution in [0.3, 0.4) is 0 Å². The molecule has 1 atom stereocenters. The molecule has 0 bridgehead atoms. The molecule has 1 aromatic carbocycles. The van der Waals surface area contributed by atoms with Gasteiger partial charge in [0.25, 0.3) is 5.69 Å². The molecule has 2 rings (SSSR count). The highest BCUT2D eigenvalue weighted by molar-refractivity contribution is 8.01. The van der Waals surface area contributed by atoms with Crippen LogP contribution < -0.4 is 0 Å². The van der Waals surface area contributed by atoms with Crippen molar-refractivity contribution < 1.29 is 18.8 Å². The number of hydrogen-bond donors (Lipinski definition) is 1. The van der Waals surface area contributed by atoms with Gasteiger partial charge in [0.05, 0.1) is 15.9 Å². The zero-order chi connectivity index (χ0) is 14.9. The van der Waals surface area contributed by atoms with Crippen molar-refractivity contribution >= 4 is 28.8 Å². The third kappa shape index (κ3) is 3.14. The van der Waals surface area contributed by atoms with Gasteiger partial charge in [0, 0.05) is 10.9 Å². The van der Waals surface area contributed by atoms with Gasteiger partial charge in [-0.25, -0.2) is 8.78 Å². The maximum atomic E-state index is 13.6. The second-order valence-electron chi connectivity index (χ2n) is 3.93. The number of nitrogens with zero attached hydrogens (tertiary/aromatic N) is 1. The summed E-state index contributed by atoms with van der Waals surface area (Å²) < 4.78 is 26.8. The van der Waals surface area contributed by atoms with Gasteiger partial charge in [-0.1, -0.05) is 11.8 Å². The number of nitro groups is 1. The van der Waals surface area contributed by atoms with Gasteiger partial charge in [0.1, 0.15) is 15.8 Å². The Kier molecular flexibility index (Phi) is 4.36. The number of benzene rings is 1. The van der Waals surface area contributed by atoms with Gasteiger partial charge in [-0.2, -0.15) is 0 Å². The summed E-state index contributed by atoms with van der Waals surface area (Å²) in [5, 5.41) is 20.4. The van der Waals surface area contributed by atoms with Crippen LogP contribution in [-0.4, -0.2) is 10.0 Å². The number of aliphatic hydroxyl groups is 1. The van der Waals surface area contributed by atoms with Crippen molar-refractivity contribution in [1.29, 1.82) is 0 Å². The second-order valence-corrected chi connectivity index (χ2v) is 6.33. The summed E-state index contributed by atoms with van der Waals surface area (Å²) in [5.41, 5.74) is -0.223. The predicted molar refractivity (Wildman–Crippen MR) is 72.1 cm³/mol. The van der Waals surface area contributed by atoms with Crippen molar-refractivity contribution in [2.45, 2.75) is 22.1 Å². The second kappa shape index (κ2) is 5.86. The minimum Gasteiger partial charge on any atom is -0.388 e. The zero-order valence-electron chi connectivity index (χ0n) is 10.2. The Bertz CT molecular complexity index is 658. The van der Waals surface area contributed by atoms with E-state index in [0.29, 0.717) is 4.88 Å². The fraction of sp³-hybridized carbons (Fsp3) is 0.167. The molecule has 1 heterocycles. The van der Waals surface area contributed by atoms with Gasteiger partial charge in [-0.05, 0) is 25.1 Å². The summed E-state index contributed by atoms with van der Waals surface area (Å²) in [7, 11) is 0. The minimum atomic E-state index is -0.856. The molecule has 0 aliphatic rings. The molecule has 0 saturated carbocycles. The van der Waals surface area contributed by atoms with Crippen LogP contribution in [0.5, 0.6) is 0 Å². The summed E-state index contributed by atoms with van der Waals surface area (Å²) in [6, 6.07) is 4.16. The lowest BCUT2D eigenvalue weighted by Crippen LogP contribution is -1.88. The predicted octanol–water partition coefficient (Wildman–Crippen LogP) is 4.14. The SMILES string of the molecule is CC(O)c1cc([N+](=O)[O-])c(Sc2cc(F)ccc2F)s1. The highest BCUT2D eigenvalue weighted by Gasteiger charge is 2.23. The highest BCUT2D eigenvalue weighted by Crippen LogP contribution is 2.43.